The number of anilines is 3. The number of aromatic nitrogens is 3. The molecular formula is C45H48F4N10O4S. The van der Waals surface area contributed by atoms with Crippen LogP contribution < -0.4 is 25.2 Å². The molecule has 4 aliphatic rings. The Morgan fingerprint density at radius 1 is 0.781 bits per heavy atom. The number of rotatable bonds is 11. The summed E-state index contributed by atoms with van der Waals surface area (Å²) in [4.78, 5) is 36.4. The molecule has 3 aromatic carbocycles. The number of nitrogens with one attached hydrogen (secondary N) is 1. The number of pyridine rings is 1. The van der Waals surface area contributed by atoms with Gasteiger partial charge in [-0.15, -0.1) is 0 Å². The molecular weight excluding hydrogens is 853 g/mol. The maximum Gasteiger partial charge on any atom is 0.328 e. The zero-order valence-electron chi connectivity index (χ0n) is 34.9. The molecule has 0 bridgehead atoms. The third kappa shape index (κ3) is 8.93. The molecule has 4 fully saturated rings. The summed E-state index contributed by atoms with van der Waals surface area (Å²) in [5.41, 5.74) is 2.46. The molecule has 4 aliphatic heterocycles. The van der Waals surface area contributed by atoms with Crippen LogP contribution in [-0.2, 0) is 15.0 Å². The summed E-state index contributed by atoms with van der Waals surface area (Å²) in [7, 11) is -4.26. The minimum atomic E-state index is -4.26. The largest absolute Gasteiger partial charge is 0.372 e. The van der Waals surface area contributed by atoms with Gasteiger partial charge in [0.25, 0.3) is 16.6 Å². The zero-order chi connectivity index (χ0) is 44.7. The number of halogens is 4. The molecule has 1 unspecified atom stereocenters. The van der Waals surface area contributed by atoms with Gasteiger partial charge >= 0.3 is 6.03 Å². The summed E-state index contributed by atoms with van der Waals surface area (Å²) in [5, 5.41) is 12.5. The van der Waals surface area contributed by atoms with Gasteiger partial charge in [-0.3, -0.25) is 24.9 Å². The van der Waals surface area contributed by atoms with Crippen LogP contribution in [0.25, 0.3) is 28.1 Å². The van der Waals surface area contributed by atoms with E-state index in [1.807, 2.05) is 30.3 Å². The van der Waals surface area contributed by atoms with Gasteiger partial charge in [0.05, 0.1) is 6.04 Å². The molecule has 0 spiro atoms. The van der Waals surface area contributed by atoms with Crippen molar-refractivity contribution in [1.82, 2.24) is 29.3 Å². The summed E-state index contributed by atoms with van der Waals surface area (Å²) in [6, 6.07) is 16.5. The summed E-state index contributed by atoms with van der Waals surface area (Å²) in [6.07, 6.45) is 4.34. The second-order valence-electron chi connectivity index (χ2n) is 16.8. The van der Waals surface area contributed by atoms with Gasteiger partial charge in [-0.1, -0.05) is 0 Å². The number of amides is 3. The molecule has 14 nitrogen and oxygen atoms in total. The van der Waals surface area contributed by atoms with E-state index in [1.54, 1.807) is 23.1 Å². The number of nitrogens with two attached hydrogens (primary N) is 1. The average Bonchev–Trinajstić information content (AvgIpc) is 3.97. The molecule has 64 heavy (non-hydrogen) atoms. The van der Waals surface area contributed by atoms with Crippen LogP contribution in [0.5, 0.6) is 0 Å². The highest BCUT2D eigenvalue weighted by Crippen LogP contribution is 2.42. The van der Waals surface area contributed by atoms with Crippen LogP contribution in [0.4, 0.5) is 39.4 Å². The molecule has 3 N–H and O–H groups in total. The number of hydrogen-bond donors (Lipinski definition) is 2. The van der Waals surface area contributed by atoms with E-state index in [4.69, 9.17) is 5.14 Å². The Bertz CT molecular complexity index is 2640. The lowest BCUT2D eigenvalue weighted by Crippen LogP contribution is -2.49. The van der Waals surface area contributed by atoms with Gasteiger partial charge in [0.1, 0.15) is 17.2 Å². The third-order valence-corrected chi connectivity index (χ3v) is 13.9. The second-order valence-corrected chi connectivity index (χ2v) is 18.3. The number of carbonyl (C=O) groups excluding carboxylic acids is 2. The highest BCUT2D eigenvalue weighted by Gasteiger charge is 2.37. The van der Waals surface area contributed by atoms with Crippen LogP contribution in [-0.4, -0.2) is 103 Å². The quantitative estimate of drug-likeness (QED) is 0.139. The van der Waals surface area contributed by atoms with E-state index in [1.165, 1.54) is 29.3 Å². The van der Waals surface area contributed by atoms with Crippen molar-refractivity contribution in [3.05, 3.63) is 108 Å². The van der Waals surface area contributed by atoms with Crippen molar-refractivity contribution in [2.24, 2.45) is 11.1 Å². The van der Waals surface area contributed by atoms with Crippen LogP contribution >= 0.6 is 0 Å². The SMILES string of the molecule is NS(=O)(=O)N1CCCC1c1cc(C(F)F)cc(-c2cn(-c3ccc(N4CCN(CC5CCN(c6ccc(N7CCC(=O)NC7=O)cc6)CC5)CC4)cc3F)nc2-c2ccncc2)c1F. The first-order valence-corrected chi connectivity index (χ1v) is 23.0. The molecule has 0 saturated carbocycles. The molecule has 19 heteroatoms. The van der Waals surface area contributed by atoms with E-state index < -0.39 is 45.9 Å². The number of hydrogen-bond acceptors (Lipinski definition) is 9. The van der Waals surface area contributed by atoms with Gasteiger partial charge in [0, 0.05) is 129 Å². The van der Waals surface area contributed by atoms with Gasteiger partial charge in [-0.2, -0.15) is 17.8 Å². The van der Waals surface area contributed by atoms with Crippen LogP contribution in [0.1, 0.15) is 55.7 Å². The van der Waals surface area contributed by atoms with E-state index >= 15 is 8.78 Å². The first kappa shape index (κ1) is 43.4. The summed E-state index contributed by atoms with van der Waals surface area (Å²) in [5.74, 6) is -1.19. The van der Waals surface area contributed by atoms with E-state index in [-0.39, 0.29) is 53.4 Å². The summed E-state index contributed by atoms with van der Waals surface area (Å²) < 4.78 is 88.7. The fraction of sp³-hybridized carbons (Fsp3) is 0.378. The van der Waals surface area contributed by atoms with Crippen molar-refractivity contribution in [1.29, 1.82) is 0 Å². The van der Waals surface area contributed by atoms with E-state index in [9.17, 15) is 26.8 Å². The normalized spacial score (nSPS) is 19.5. The molecule has 4 saturated heterocycles. The number of piperidine rings is 1. The molecule has 9 rings (SSSR count). The first-order chi connectivity index (χ1) is 30.8. The van der Waals surface area contributed by atoms with E-state index in [0.717, 1.165) is 73.4 Å². The van der Waals surface area contributed by atoms with Crippen molar-refractivity contribution in [2.45, 2.75) is 44.6 Å². The molecule has 6 heterocycles. The van der Waals surface area contributed by atoms with Gasteiger partial charge in [-0.05, 0) is 98.3 Å². The van der Waals surface area contributed by atoms with Crippen molar-refractivity contribution in [3.63, 3.8) is 0 Å². The average molecular weight is 901 g/mol. The molecule has 2 aromatic heterocycles. The Morgan fingerprint density at radius 3 is 2.14 bits per heavy atom. The second kappa shape index (κ2) is 17.9. The highest BCUT2D eigenvalue weighted by molar-refractivity contribution is 7.86. The number of benzene rings is 3. The summed E-state index contributed by atoms with van der Waals surface area (Å²) in [6.45, 7) is 6.27. The molecule has 5 aromatic rings. The lowest BCUT2D eigenvalue weighted by Gasteiger charge is -2.40. The van der Waals surface area contributed by atoms with Crippen LogP contribution in [0.3, 0.4) is 0 Å². The molecule has 0 aliphatic carbocycles. The van der Waals surface area contributed by atoms with Gasteiger partial charge in [-0.25, -0.2) is 32.2 Å². The highest BCUT2D eigenvalue weighted by atomic mass is 32.2. The van der Waals surface area contributed by atoms with Crippen molar-refractivity contribution in [2.75, 3.05) is 73.6 Å². The van der Waals surface area contributed by atoms with E-state index in [2.05, 4.69) is 30.1 Å². The van der Waals surface area contributed by atoms with Gasteiger partial charge < -0.3 is 9.80 Å². The molecule has 0 radical (unpaired) electrons. The fourth-order valence-electron chi connectivity index (χ4n) is 9.47. The molecule has 1 atom stereocenters. The van der Waals surface area contributed by atoms with Gasteiger partial charge in [0.15, 0.2) is 5.82 Å². The number of imide groups is 1. The molecule has 3 amide bonds. The van der Waals surface area contributed by atoms with Gasteiger partial charge in [0.2, 0.25) is 5.91 Å². The lowest BCUT2D eigenvalue weighted by molar-refractivity contribution is -0.120. The number of urea groups is 1. The topological polar surface area (TPSA) is 153 Å². The Hall–Kier alpha value is -5.89. The lowest BCUT2D eigenvalue weighted by atomic mass is 9.93. The predicted octanol–water partition coefficient (Wildman–Crippen LogP) is 6.64. The number of nitrogens with zero attached hydrogens (tertiary/aromatic N) is 8. The fourth-order valence-corrected chi connectivity index (χ4v) is 10.4. The standard InChI is InChI=1S/C45H48F4N10O4S/c46-38-26-34(56-22-20-54(21-23-56)27-29-11-17-55(18-12-29)32-3-5-33(6-4-32)57-19-13-41(60)52-45(57)61)7-8-40(38)58-28-37(43(53-58)30-9-14-51-15-10-30)35-24-31(44(48)49)25-36(42(35)47)39-2-1-16-59(39)64(50,62)63/h3-10,14-15,24-26,28-29,39,44H,1-2,11-13,16-23,27H2,(H2,50,62,63)(H,52,60,61). The monoisotopic (exact) mass is 900 g/mol. The first-order valence-electron chi connectivity index (χ1n) is 21.5. The number of carbonyl (C=O) groups is 2. The van der Waals surface area contributed by atoms with E-state index in [0.29, 0.717) is 43.2 Å². The Kier molecular flexibility index (Phi) is 12.2. The van der Waals surface area contributed by atoms with Crippen molar-refractivity contribution < 1.29 is 35.6 Å². The minimum Gasteiger partial charge on any atom is -0.372 e. The number of piperazine rings is 1. The maximum absolute atomic E-state index is 16.7. The molecule has 336 valence electrons. The maximum atomic E-state index is 16.7. The Morgan fingerprint density at radius 2 is 1.47 bits per heavy atom. The number of alkyl halides is 2. The minimum absolute atomic E-state index is 0.0250. The zero-order valence-corrected chi connectivity index (χ0v) is 35.7. The predicted molar refractivity (Wildman–Crippen MR) is 234 cm³/mol. The van der Waals surface area contributed by atoms with Crippen LogP contribution in [0.15, 0.2) is 85.3 Å². The van der Waals surface area contributed by atoms with Crippen molar-refractivity contribution in [3.8, 4) is 28.1 Å². The van der Waals surface area contributed by atoms with Crippen LogP contribution in [0.2, 0.25) is 0 Å². The Balaban J connectivity index is 0.868. The van der Waals surface area contributed by atoms with Crippen LogP contribution in [0, 0.1) is 17.6 Å². The Labute approximate surface area is 368 Å². The summed E-state index contributed by atoms with van der Waals surface area (Å²) >= 11 is 0. The smallest absolute Gasteiger partial charge is 0.328 e. The van der Waals surface area contributed by atoms with Crippen molar-refractivity contribution >= 4 is 39.2 Å². The third-order valence-electron chi connectivity index (χ3n) is 12.8.